The lowest BCUT2D eigenvalue weighted by molar-refractivity contribution is -0.141. The van der Waals surface area contributed by atoms with Crippen LogP contribution in [-0.2, 0) is 4.79 Å². The molecule has 0 aromatic heterocycles. The maximum Gasteiger partial charge on any atom is 0.318 e. The van der Waals surface area contributed by atoms with E-state index in [9.17, 15) is 14.7 Å². The van der Waals surface area contributed by atoms with E-state index in [1.165, 1.54) is 11.8 Å². The summed E-state index contributed by atoms with van der Waals surface area (Å²) in [6.45, 7) is 3.82. The van der Waals surface area contributed by atoms with Gasteiger partial charge in [-0.05, 0) is 13.3 Å². The second-order valence-electron chi connectivity index (χ2n) is 4.35. The molecule has 0 spiro atoms. The zero-order chi connectivity index (χ0) is 14.2. The number of carbonyl (C=O) groups excluding carboxylic acids is 1. The van der Waals surface area contributed by atoms with E-state index in [1.54, 1.807) is 0 Å². The highest BCUT2D eigenvalue weighted by Crippen LogP contribution is 2.07. The molecule has 0 heterocycles. The van der Waals surface area contributed by atoms with Gasteiger partial charge in [-0.1, -0.05) is 12.8 Å². The van der Waals surface area contributed by atoms with E-state index in [-0.39, 0.29) is 13.1 Å². The Morgan fingerprint density at radius 2 is 2.11 bits per heavy atom. The van der Waals surface area contributed by atoms with Crippen LogP contribution in [0.15, 0.2) is 0 Å². The normalized spacial score (nSPS) is 13.2. The van der Waals surface area contributed by atoms with Gasteiger partial charge in [-0.25, -0.2) is 4.79 Å². The lowest BCUT2D eigenvalue weighted by Gasteiger charge is -2.25. The lowest BCUT2D eigenvalue weighted by atomic mass is 10.0. The van der Waals surface area contributed by atoms with Gasteiger partial charge in [-0.15, -0.1) is 6.42 Å². The van der Waals surface area contributed by atoms with Gasteiger partial charge in [-0.3, -0.25) is 4.79 Å². The van der Waals surface area contributed by atoms with Crippen LogP contribution in [0.3, 0.4) is 0 Å². The number of carboxylic acid groups (broad SMARTS) is 1. The first-order valence-corrected chi connectivity index (χ1v) is 5.73. The summed E-state index contributed by atoms with van der Waals surface area (Å²) in [6.07, 6.45) is 5.48. The number of urea groups is 1. The average molecular weight is 256 g/mol. The molecule has 0 radical (unpaired) electrons. The van der Waals surface area contributed by atoms with E-state index in [1.807, 2.05) is 6.92 Å². The second kappa shape index (κ2) is 7.56. The lowest BCUT2D eigenvalue weighted by Crippen LogP contribution is -2.47. The molecule has 0 saturated heterocycles. The van der Waals surface area contributed by atoms with Gasteiger partial charge in [-0.2, -0.15) is 0 Å². The Morgan fingerprint density at radius 3 is 2.56 bits per heavy atom. The van der Waals surface area contributed by atoms with Crippen molar-refractivity contribution in [1.29, 1.82) is 0 Å². The van der Waals surface area contributed by atoms with Gasteiger partial charge >= 0.3 is 12.0 Å². The predicted octanol–water partition coefficient (Wildman–Crippen LogP) is 0.267. The molecule has 102 valence electrons. The molecule has 2 amide bonds. The maximum atomic E-state index is 11.7. The molecule has 0 aromatic rings. The monoisotopic (exact) mass is 256 g/mol. The highest BCUT2D eigenvalue weighted by Gasteiger charge is 2.25. The molecule has 0 saturated carbocycles. The van der Waals surface area contributed by atoms with Crippen molar-refractivity contribution >= 4 is 12.0 Å². The summed E-state index contributed by atoms with van der Waals surface area (Å²) in [5.74, 6) is 1.25. The Balaban J connectivity index is 4.29. The number of nitrogens with zero attached hydrogens (tertiary/aromatic N) is 1. The zero-order valence-corrected chi connectivity index (χ0v) is 10.8. The van der Waals surface area contributed by atoms with Crippen molar-refractivity contribution in [3.63, 3.8) is 0 Å². The number of terminal acetylenes is 1. The third-order valence-electron chi connectivity index (χ3n) is 2.22. The van der Waals surface area contributed by atoms with Crippen molar-refractivity contribution in [2.75, 3.05) is 19.6 Å². The number of aliphatic carboxylic acids is 1. The minimum atomic E-state index is -1.48. The number of carboxylic acids is 1. The van der Waals surface area contributed by atoms with Crippen LogP contribution in [-0.4, -0.2) is 52.3 Å². The SMILES string of the molecule is C#CCN(CCC)C(=O)NCC(C)(O)CC(=O)O. The third-order valence-corrected chi connectivity index (χ3v) is 2.22. The van der Waals surface area contributed by atoms with E-state index >= 15 is 0 Å². The average Bonchev–Trinajstić information content (AvgIpc) is 2.24. The largest absolute Gasteiger partial charge is 0.481 e. The first-order valence-electron chi connectivity index (χ1n) is 5.73. The van der Waals surface area contributed by atoms with Crippen LogP contribution < -0.4 is 5.32 Å². The molecular weight excluding hydrogens is 236 g/mol. The second-order valence-corrected chi connectivity index (χ2v) is 4.35. The van der Waals surface area contributed by atoms with Crippen LogP contribution in [0.25, 0.3) is 0 Å². The van der Waals surface area contributed by atoms with Gasteiger partial charge in [0.05, 0.1) is 18.6 Å². The van der Waals surface area contributed by atoms with Crippen molar-refractivity contribution in [2.45, 2.75) is 32.3 Å². The number of hydrogen-bond acceptors (Lipinski definition) is 3. The van der Waals surface area contributed by atoms with Gasteiger partial charge in [0.25, 0.3) is 0 Å². The summed E-state index contributed by atoms with van der Waals surface area (Å²) in [4.78, 5) is 23.6. The molecule has 0 aliphatic carbocycles. The molecule has 1 atom stereocenters. The quantitative estimate of drug-likeness (QED) is 0.570. The zero-order valence-electron chi connectivity index (χ0n) is 10.8. The summed E-state index contributed by atoms with van der Waals surface area (Å²) < 4.78 is 0. The molecule has 0 aliphatic heterocycles. The van der Waals surface area contributed by atoms with Crippen LogP contribution in [0.5, 0.6) is 0 Å². The Hall–Kier alpha value is -1.74. The van der Waals surface area contributed by atoms with Crippen LogP contribution in [0.4, 0.5) is 4.79 Å². The number of rotatable bonds is 7. The number of hydrogen-bond donors (Lipinski definition) is 3. The smallest absolute Gasteiger partial charge is 0.318 e. The van der Waals surface area contributed by atoms with Crippen LogP contribution in [0.2, 0.25) is 0 Å². The van der Waals surface area contributed by atoms with Crippen molar-refractivity contribution in [3.05, 3.63) is 0 Å². The van der Waals surface area contributed by atoms with Crippen LogP contribution in [0.1, 0.15) is 26.7 Å². The summed E-state index contributed by atoms with van der Waals surface area (Å²) >= 11 is 0. The molecule has 0 aliphatic rings. The maximum absolute atomic E-state index is 11.7. The molecular formula is C12H20N2O4. The molecule has 0 bridgehead atoms. The number of amides is 2. The number of aliphatic hydroxyl groups is 1. The molecule has 1 unspecified atom stereocenters. The van der Waals surface area contributed by atoms with Crippen LogP contribution >= 0.6 is 0 Å². The van der Waals surface area contributed by atoms with E-state index in [2.05, 4.69) is 11.2 Å². The summed E-state index contributed by atoms with van der Waals surface area (Å²) in [5, 5.41) is 20.8. The first-order chi connectivity index (χ1) is 8.32. The highest BCUT2D eigenvalue weighted by atomic mass is 16.4. The molecule has 6 heteroatoms. The van der Waals surface area contributed by atoms with Crippen molar-refractivity contribution < 1.29 is 19.8 Å². The van der Waals surface area contributed by atoms with Crippen LogP contribution in [0, 0.1) is 12.3 Å². The van der Waals surface area contributed by atoms with E-state index < -0.39 is 24.0 Å². The fraction of sp³-hybridized carbons (Fsp3) is 0.667. The standard InChI is InChI=1S/C12H20N2O4/c1-4-6-14(7-5-2)11(17)13-9-12(3,18)8-10(15)16/h1,18H,5-9H2,2-3H3,(H,13,17)(H,15,16). The number of carbonyl (C=O) groups is 2. The van der Waals surface area contributed by atoms with Crippen molar-refractivity contribution in [1.82, 2.24) is 10.2 Å². The van der Waals surface area contributed by atoms with Gasteiger partial charge in [0.15, 0.2) is 0 Å². The van der Waals surface area contributed by atoms with Gasteiger partial charge < -0.3 is 20.4 Å². The summed E-state index contributed by atoms with van der Waals surface area (Å²) in [5.41, 5.74) is -1.48. The molecule has 3 N–H and O–H groups in total. The Kier molecular flexibility index (Phi) is 6.83. The summed E-state index contributed by atoms with van der Waals surface area (Å²) in [6, 6.07) is -0.402. The molecule has 0 aromatic carbocycles. The first kappa shape index (κ1) is 16.3. The fourth-order valence-corrected chi connectivity index (χ4v) is 1.40. The Morgan fingerprint density at radius 1 is 1.50 bits per heavy atom. The molecule has 0 fully saturated rings. The van der Waals surface area contributed by atoms with E-state index in [4.69, 9.17) is 11.5 Å². The van der Waals surface area contributed by atoms with E-state index in [0.717, 1.165) is 6.42 Å². The van der Waals surface area contributed by atoms with Gasteiger partial charge in [0.1, 0.15) is 0 Å². The van der Waals surface area contributed by atoms with Gasteiger partial charge in [0, 0.05) is 13.1 Å². The Labute approximate surface area is 107 Å². The minimum Gasteiger partial charge on any atom is -0.481 e. The predicted molar refractivity (Wildman–Crippen MR) is 67.0 cm³/mol. The molecule has 6 nitrogen and oxygen atoms in total. The fourth-order valence-electron chi connectivity index (χ4n) is 1.40. The summed E-state index contributed by atoms with van der Waals surface area (Å²) in [7, 11) is 0. The topological polar surface area (TPSA) is 89.9 Å². The third kappa shape index (κ3) is 6.76. The van der Waals surface area contributed by atoms with Crippen molar-refractivity contribution in [3.8, 4) is 12.3 Å². The minimum absolute atomic E-state index is 0.136. The number of nitrogens with one attached hydrogen (secondary N) is 1. The molecule has 0 rings (SSSR count). The van der Waals surface area contributed by atoms with Gasteiger partial charge in [0.2, 0.25) is 0 Å². The molecule has 18 heavy (non-hydrogen) atoms. The van der Waals surface area contributed by atoms with E-state index in [0.29, 0.717) is 6.54 Å². The Bertz CT molecular complexity index is 333. The highest BCUT2D eigenvalue weighted by molar-refractivity contribution is 5.74. The van der Waals surface area contributed by atoms with Crippen molar-refractivity contribution in [2.24, 2.45) is 0 Å².